The Hall–Kier alpha value is -3.43. The first-order chi connectivity index (χ1) is 19.4. The Bertz CT molecular complexity index is 1040. The summed E-state index contributed by atoms with van der Waals surface area (Å²) >= 11 is 0. The van der Waals surface area contributed by atoms with Crippen molar-refractivity contribution in [2.45, 2.75) is 18.9 Å². The van der Waals surface area contributed by atoms with E-state index in [9.17, 15) is 44.4 Å². The van der Waals surface area contributed by atoms with Crippen molar-refractivity contribution in [1.82, 2.24) is 19.6 Å². The van der Waals surface area contributed by atoms with Crippen molar-refractivity contribution < 1.29 is 49.1 Å². The van der Waals surface area contributed by atoms with Crippen LogP contribution in [0.1, 0.15) is 11.1 Å². The predicted octanol–water partition coefficient (Wildman–Crippen LogP) is -1.08. The zero-order chi connectivity index (χ0) is 30.4. The predicted molar refractivity (Wildman–Crippen MR) is 146 cm³/mol. The lowest BCUT2D eigenvalue weighted by molar-refractivity contribution is -0.142. The van der Waals surface area contributed by atoms with Crippen molar-refractivity contribution in [1.29, 1.82) is 0 Å². The van der Waals surface area contributed by atoms with E-state index in [1.54, 1.807) is 19.6 Å². The van der Waals surface area contributed by atoms with Crippen molar-refractivity contribution in [3.8, 4) is 0 Å². The Labute approximate surface area is 238 Å². The highest BCUT2D eigenvalue weighted by Gasteiger charge is 2.27. The average Bonchev–Trinajstić information content (AvgIpc) is 2.86. The van der Waals surface area contributed by atoms with E-state index >= 15 is 0 Å². The molecule has 1 aliphatic heterocycles. The second kappa shape index (κ2) is 17.4. The van der Waals surface area contributed by atoms with E-state index in [4.69, 9.17) is 4.74 Å². The van der Waals surface area contributed by atoms with E-state index in [0.29, 0.717) is 6.42 Å². The molecule has 228 valence electrons. The van der Waals surface area contributed by atoms with Crippen molar-refractivity contribution in [2.75, 3.05) is 85.7 Å². The summed E-state index contributed by atoms with van der Waals surface area (Å²) in [5, 5.41) is 38.0. The van der Waals surface area contributed by atoms with Gasteiger partial charge in [0.05, 0.1) is 26.2 Å². The number of carbonyl (C=O) groups excluding carboxylic acids is 1. The Morgan fingerprint density at radius 3 is 1.61 bits per heavy atom. The molecule has 1 atom stereocenters. The topological polar surface area (TPSA) is 188 Å². The van der Waals surface area contributed by atoms with Gasteiger partial charge in [-0.3, -0.25) is 43.6 Å². The van der Waals surface area contributed by atoms with Gasteiger partial charge in [0.1, 0.15) is 6.61 Å². The minimum Gasteiger partial charge on any atom is -0.480 e. The van der Waals surface area contributed by atoms with Crippen molar-refractivity contribution in [2.24, 2.45) is 0 Å². The molecule has 1 saturated heterocycles. The highest BCUT2D eigenvalue weighted by Crippen LogP contribution is 2.15. The fourth-order valence-corrected chi connectivity index (χ4v) is 4.86. The number of aliphatic carboxylic acids is 4. The van der Waals surface area contributed by atoms with Gasteiger partial charge in [-0.05, 0) is 17.5 Å². The molecule has 2 rings (SSSR count). The molecule has 1 aromatic carbocycles. The van der Waals surface area contributed by atoms with Gasteiger partial charge in [-0.2, -0.15) is 0 Å². The Morgan fingerprint density at radius 1 is 0.683 bits per heavy atom. The van der Waals surface area contributed by atoms with Crippen LogP contribution >= 0.6 is 0 Å². The van der Waals surface area contributed by atoms with E-state index < -0.39 is 29.9 Å². The van der Waals surface area contributed by atoms with Gasteiger partial charge in [0, 0.05) is 65.4 Å². The zero-order valence-electron chi connectivity index (χ0n) is 23.3. The molecule has 0 spiro atoms. The number of methoxy groups -OCH3 is 1. The van der Waals surface area contributed by atoms with Gasteiger partial charge in [-0.1, -0.05) is 24.3 Å². The number of benzene rings is 1. The summed E-state index contributed by atoms with van der Waals surface area (Å²) in [7, 11) is 1.45. The number of nitrogens with zero attached hydrogens (tertiary/aromatic N) is 4. The minimum atomic E-state index is -1.07. The lowest BCUT2D eigenvalue weighted by Crippen LogP contribution is -2.53. The number of carboxylic acids is 4. The lowest BCUT2D eigenvalue weighted by atomic mass is 10.0. The van der Waals surface area contributed by atoms with E-state index in [-0.39, 0.29) is 90.8 Å². The molecule has 0 radical (unpaired) electrons. The second-order valence-electron chi connectivity index (χ2n) is 10.2. The molecule has 0 bridgehead atoms. The van der Waals surface area contributed by atoms with Crippen LogP contribution in [0.25, 0.3) is 0 Å². The maximum Gasteiger partial charge on any atom is 0.317 e. The van der Waals surface area contributed by atoms with E-state index in [0.717, 1.165) is 11.1 Å². The first kappa shape index (κ1) is 33.8. The third kappa shape index (κ3) is 13.7. The van der Waals surface area contributed by atoms with Crippen LogP contribution in [-0.2, 0) is 41.6 Å². The number of hydrogen-bond donors (Lipinski definition) is 4. The number of hydrogen-bond acceptors (Lipinski definition) is 10. The van der Waals surface area contributed by atoms with Gasteiger partial charge in [0.25, 0.3) is 0 Å². The fraction of sp³-hybridized carbons (Fsp3) is 0.593. The molecule has 0 aliphatic carbocycles. The van der Waals surface area contributed by atoms with Crippen LogP contribution < -0.4 is 0 Å². The first-order valence-corrected chi connectivity index (χ1v) is 13.3. The molecule has 41 heavy (non-hydrogen) atoms. The Balaban J connectivity index is 2.37. The summed E-state index contributed by atoms with van der Waals surface area (Å²) in [4.78, 5) is 65.1. The monoisotopic (exact) mass is 580 g/mol. The van der Waals surface area contributed by atoms with Crippen molar-refractivity contribution in [3.05, 3.63) is 35.4 Å². The zero-order valence-corrected chi connectivity index (χ0v) is 23.3. The van der Waals surface area contributed by atoms with Crippen LogP contribution in [0.15, 0.2) is 24.3 Å². The summed E-state index contributed by atoms with van der Waals surface area (Å²) in [5.41, 5.74) is 1.65. The van der Waals surface area contributed by atoms with E-state index in [1.807, 2.05) is 24.3 Å². The summed E-state index contributed by atoms with van der Waals surface area (Å²) < 4.78 is 4.88. The van der Waals surface area contributed by atoms with E-state index in [2.05, 4.69) is 0 Å². The van der Waals surface area contributed by atoms with E-state index in [1.165, 1.54) is 7.11 Å². The maximum atomic E-state index is 11.9. The standard InChI is InChI=1S/C27H40N4O10/c1-41-19-23(32)13-21-4-2-20(3-5-21)12-22-14-30(17-26(37)38)9-8-28(15-24(33)34)6-7-29(16-25(35)36)10-11-31(22)18-27(39)40/h2-5,22H,6-19H2,1H3,(H,33,34)(H,35,36)(H,37,38)(H,39,40). The number of rotatable bonds is 14. The normalized spacial score (nSPS) is 18.7. The molecule has 1 aliphatic rings. The Morgan fingerprint density at radius 2 is 1.12 bits per heavy atom. The third-order valence-corrected chi connectivity index (χ3v) is 6.77. The molecule has 4 N–H and O–H groups in total. The van der Waals surface area contributed by atoms with Crippen LogP contribution in [0.5, 0.6) is 0 Å². The molecule has 14 nitrogen and oxygen atoms in total. The number of ketones is 1. The quantitative estimate of drug-likeness (QED) is 0.208. The molecule has 0 saturated carbocycles. The van der Waals surface area contributed by atoms with Crippen LogP contribution in [0.3, 0.4) is 0 Å². The Kier molecular flexibility index (Phi) is 14.3. The first-order valence-electron chi connectivity index (χ1n) is 13.3. The summed E-state index contributed by atoms with van der Waals surface area (Å²) in [6.07, 6.45) is 0.578. The molecule has 1 aromatic rings. The van der Waals surface area contributed by atoms with Gasteiger partial charge < -0.3 is 25.2 Å². The van der Waals surface area contributed by atoms with Crippen molar-refractivity contribution in [3.63, 3.8) is 0 Å². The minimum absolute atomic E-state index is 0.0101. The van der Waals surface area contributed by atoms with Crippen LogP contribution in [0, 0.1) is 0 Å². The molecular weight excluding hydrogens is 540 g/mol. The van der Waals surface area contributed by atoms with Crippen LogP contribution in [0.4, 0.5) is 0 Å². The molecular formula is C27H40N4O10. The van der Waals surface area contributed by atoms with Gasteiger partial charge in [0.15, 0.2) is 5.78 Å². The lowest BCUT2D eigenvalue weighted by Gasteiger charge is -2.37. The average molecular weight is 581 g/mol. The highest BCUT2D eigenvalue weighted by atomic mass is 16.5. The number of carboxylic acid groups (broad SMARTS) is 4. The van der Waals surface area contributed by atoms with Crippen LogP contribution in [-0.4, -0.2) is 161 Å². The summed E-state index contributed by atoms with van der Waals surface area (Å²) in [5.74, 6) is -4.32. The summed E-state index contributed by atoms with van der Waals surface area (Å²) in [6.45, 7) is 0.345. The molecule has 0 aromatic heterocycles. The second-order valence-corrected chi connectivity index (χ2v) is 10.2. The molecule has 1 fully saturated rings. The SMILES string of the molecule is COCC(=O)Cc1ccc(CC2CN(CC(=O)O)CCN(CC(=O)O)CCN(CC(=O)O)CCN2CC(=O)O)cc1. The van der Waals surface area contributed by atoms with Gasteiger partial charge in [0.2, 0.25) is 0 Å². The smallest absolute Gasteiger partial charge is 0.317 e. The third-order valence-electron chi connectivity index (χ3n) is 6.77. The molecule has 1 heterocycles. The highest BCUT2D eigenvalue weighted by molar-refractivity contribution is 5.82. The molecule has 14 heteroatoms. The van der Waals surface area contributed by atoms with Gasteiger partial charge in [-0.15, -0.1) is 0 Å². The number of ether oxygens (including phenoxy) is 1. The van der Waals surface area contributed by atoms with Crippen molar-refractivity contribution >= 4 is 29.7 Å². The maximum absolute atomic E-state index is 11.9. The number of Topliss-reactive ketones (excluding diaryl/α,β-unsaturated/α-hetero) is 1. The summed E-state index contributed by atoms with van der Waals surface area (Å²) in [6, 6.07) is 6.86. The van der Waals surface area contributed by atoms with Crippen LogP contribution in [0.2, 0.25) is 0 Å². The largest absolute Gasteiger partial charge is 0.480 e. The van der Waals surface area contributed by atoms with Gasteiger partial charge >= 0.3 is 23.9 Å². The number of carbonyl (C=O) groups is 5. The molecule has 0 amide bonds. The fourth-order valence-electron chi connectivity index (χ4n) is 4.86. The molecule has 1 unspecified atom stereocenters. The van der Waals surface area contributed by atoms with Gasteiger partial charge in [-0.25, -0.2) is 0 Å².